The highest BCUT2D eigenvalue weighted by atomic mass is 16.4. The molecular weight excluding hydrogens is 220 g/mol. The first-order valence-electron chi connectivity index (χ1n) is 6.13. The third-order valence-corrected chi connectivity index (χ3v) is 3.28. The average Bonchev–Trinajstić information content (AvgIpc) is 2.57. The monoisotopic (exact) mass is 242 g/mol. The molecule has 0 spiro atoms. The van der Waals surface area contributed by atoms with Gasteiger partial charge in [0.1, 0.15) is 6.04 Å². The van der Waals surface area contributed by atoms with Crippen molar-refractivity contribution in [2.24, 2.45) is 17.6 Å². The summed E-state index contributed by atoms with van der Waals surface area (Å²) in [6.45, 7) is 6.35. The van der Waals surface area contributed by atoms with Crippen molar-refractivity contribution < 1.29 is 14.7 Å². The Hall–Kier alpha value is -1.10. The third kappa shape index (κ3) is 3.19. The smallest absolute Gasteiger partial charge is 0.326 e. The Morgan fingerprint density at radius 1 is 1.47 bits per heavy atom. The van der Waals surface area contributed by atoms with E-state index >= 15 is 0 Å². The van der Waals surface area contributed by atoms with Crippen molar-refractivity contribution >= 4 is 11.9 Å². The van der Waals surface area contributed by atoms with Gasteiger partial charge in [-0.25, -0.2) is 4.79 Å². The van der Waals surface area contributed by atoms with Crippen molar-refractivity contribution in [3.8, 4) is 0 Å². The number of carboxylic acids is 1. The van der Waals surface area contributed by atoms with Crippen molar-refractivity contribution in [1.82, 2.24) is 4.90 Å². The van der Waals surface area contributed by atoms with Crippen LogP contribution in [0, 0.1) is 11.8 Å². The minimum atomic E-state index is -0.930. The molecule has 3 N–H and O–H groups in total. The molecule has 0 saturated carbocycles. The van der Waals surface area contributed by atoms with E-state index in [4.69, 9.17) is 10.8 Å². The molecule has 17 heavy (non-hydrogen) atoms. The summed E-state index contributed by atoms with van der Waals surface area (Å²) in [5.74, 6) is -0.824. The fourth-order valence-corrected chi connectivity index (χ4v) is 2.39. The van der Waals surface area contributed by atoms with Gasteiger partial charge in [0.25, 0.3) is 0 Å². The van der Waals surface area contributed by atoms with Crippen LogP contribution in [0.15, 0.2) is 0 Å². The van der Waals surface area contributed by atoms with Crippen LogP contribution in [0.25, 0.3) is 0 Å². The summed E-state index contributed by atoms with van der Waals surface area (Å²) in [4.78, 5) is 24.6. The fourth-order valence-electron chi connectivity index (χ4n) is 2.39. The van der Waals surface area contributed by atoms with Crippen molar-refractivity contribution in [1.29, 1.82) is 0 Å². The van der Waals surface area contributed by atoms with Gasteiger partial charge in [0, 0.05) is 6.54 Å². The second-order valence-corrected chi connectivity index (χ2v) is 5.32. The second kappa shape index (κ2) is 5.49. The number of likely N-dealkylation sites (tertiary alicyclic amines) is 1. The lowest BCUT2D eigenvalue weighted by Gasteiger charge is -2.26. The zero-order chi connectivity index (χ0) is 13.2. The summed E-state index contributed by atoms with van der Waals surface area (Å²) in [7, 11) is 0. The molecule has 5 nitrogen and oxygen atoms in total. The topological polar surface area (TPSA) is 83.6 Å². The quantitative estimate of drug-likeness (QED) is 0.759. The Morgan fingerprint density at radius 3 is 2.53 bits per heavy atom. The SMILES string of the molecule is CC(C)C[C@H](N)C(=O)N1CCC(C)C1C(=O)O. The number of aliphatic carboxylic acids is 1. The molecule has 1 heterocycles. The van der Waals surface area contributed by atoms with Crippen LogP contribution in [0.1, 0.15) is 33.6 Å². The number of hydrogen-bond donors (Lipinski definition) is 2. The van der Waals surface area contributed by atoms with Gasteiger partial charge in [-0.15, -0.1) is 0 Å². The van der Waals surface area contributed by atoms with E-state index in [1.165, 1.54) is 4.90 Å². The van der Waals surface area contributed by atoms with Crippen LogP contribution in [0.3, 0.4) is 0 Å². The highest BCUT2D eigenvalue weighted by Crippen LogP contribution is 2.25. The first-order valence-corrected chi connectivity index (χ1v) is 6.13. The molecule has 1 fully saturated rings. The van der Waals surface area contributed by atoms with Gasteiger partial charge in [0.15, 0.2) is 0 Å². The van der Waals surface area contributed by atoms with E-state index < -0.39 is 18.1 Å². The van der Waals surface area contributed by atoms with E-state index in [-0.39, 0.29) is 11.8 Å². The van der Waals surface area contributed by atoms with Crippen LogP contribution in [0.5, 0.6) is 0 Å². The van der Waals surface area contributed by atoms with E-state index in [0.717, 1.165) is 6.42 Å². The van der Waals surface area contributed by atoms with Crippen LogP contribution < -0.4 is 5.73 Å². The number of carbonyl (C=O) groups is 2. The van der Waals surface area contributed by atoms with E-state index in [1.54, 1.807) is 0 Å². The van der Waals surface area contributed by atoms with Gasteiger partial charge in [0.05, 0.1) is 6.04 Å². The van der Waals surface area contributed by atoms with Crippen LogP contribution in [0.2, 0.25) is 0 Å². The molecule has 5 heteroatoms. The molecule has 0 radical (unpaired) electrons. The molecule has 0 bridgehead atoms. The Morgan fingerprint density at radius 2 is 2.06 bits per heavy atom. The Bertz CT molecular complexity index is 304. The zero-order valence-corrected chi connectivity index (χ0v) is 10.7. The van der Waals surface area contributed by atoms with Gasteiger partial charge in [-0.2, -0.15) is 0 Å². The summed E-state index contributed by atoms with van der Waals surface area (Å²) in [5.41, 5.74) is 5.82. The molecule has 2 unspecified atom stereocenters. The molecule has 0 aromatic heterocycles. The van der Waals surface area contributed by atoms with Crippen LogP contribution in [-0.2, 0) is 9.59 Å². The maximum Gasteiger partial charge on any atom is 0.326 e. The molecule has 0 aromatic carbocycles. The number of nitrogens with two attached hydrogens (primary N) is 1. The molecule has 1 aliphatic rings. The summed E-state index contributed by atoms with van der Waals surface area (Å²) in [6, 6.07) is -1.29. The lowest BCUT2D eigenvalue weighted by atomic mass is 10.0. The van der Waals surface area contributed by atoms with Crippen LogP contribution in [0.4, 0.5) is 0 Å². The van der Waals surface area contributed by atoms with Gasteiger partial charge in [-0.3, -0.25) is 4.79 Å². The standard InChI is InChI=1S/C12H22N2O3/c1-7(2)6-9(13)11(15)14-5-4-8(3)10(14)12(16)17/h7-10H,4-6,13H2,1-3H3,(H,16,17)/t8?,9-,10?/m0/s1. The second-order valence-electron chi connectivity index (χ2n) is 5.32. The maximum atomic E-state index is 12.1. The van der Waals surface area contributed by atoms with E-state index in [2.05, 4.69) is 0 Å². The lowest BCUT2D eigenvalue weighted by molar-refractivity contribution is -0.150. The van der Waals surface area contributed by atoms with Gasteiger partial charge in [-0.1, -0.05) is 20.8 Å². The fraction of sp³-hybridized carbons (Fsp3) is 0.833. The number of nitrogens with zero attached hydrogens (tertiary/aromatic N) is 1. The predicted octanol–water partition coefficient (Wildman–Crippen LogP) is 0.681. The highest BCUT2D eigenvalue weighted by Gasteiger charge is 2.40. The number of rotatable bonds is 4. The molecule has 1 amide bonds. The zero-order valence-electron chi connectivity index (χ0n) is 10.7. The first kappa shape index (κ1) is 14.0. The number of hydrogen-bond acceptors (Lipinski definition) is 3. The average molecular weight is 242 g/mol. The molecule has 98 valence electrons. The number of carbonyl (C=O) groups excluding carboxylic acids is 1. The van der Waals surface area contributed by atoms with Gasteiger partial charge in [0.2, 0.25) is 5.91 Å². The van der Waals surface area contributed by atoms with Gasteiger partial charge in [-0.05, 0) is 24.7 Å². The Kier molecular flexibility index (Phi) is 4.51. The maximum absolute atomic E-state index is 12.1. The highest BCUT2D eigenvalue weighted by molar-refractivity contribution is 5.87. The summed E-state index contributed by atoms with van der Waals surface area (Å²) in [6.07, 6.45) is 1.33. The van der Waals surface area contributed by atoms with Crippen molar-refractivity contribution in [3.05, 3.63) is 0 Å². The number of amides is 1. The minimum Gasteiger partial charge on any atom is -0.480 e. The number of carboxylic acid groups (broad SMARTS) is 1. The van der Waals surface area contributed by atoms with Gasteiger partial charge < -0.3 is 15.7 Å². The molecule has 0 aliphatic carbocycles. The van der Waals surface area contributed by atoms with Crippen molar-refractivity contribution in [2.75, 3.05) is 6.54 Å². The summed E-state index contributed by atoms with van der Waals surface area (Å²) < 4.78 is 0. The van der Waals surface area contributed by atoms with Crippen LogP contribution in [-0.4, -0.2) is 40.5 Å². The molecule has 1 aliphatic heterocycles. The molecule has 1 rings (SSSR count). The third-order valence-electron chi connectivity index (χ3n) is 3.28. The Labute approximate surface area is 102 Å². The van der Waals surface area contributed by atoms with Crippen molar-refractivity contribution in [3.63, 3.8) is 0 Å². The Balaban J connectivity index is 2.71. The van der Waals surface area contributed by atoms with Gasteiger partial charge >= 0.3 is 5.97 Å². The van der Waals surface area contributed by atoms with Crippen LogP contribution >= 0.6 is 0 Å². The predicted molar refractivity (Wildman–Crippen MR) is 64.3 cm³/mol. The van der Waals surface area contributed by atoms with Crippen molar-refractivity contribution in [2.45, 2.75) is 45.7 Å². The van der Waals surface area contributed by atoms with E-state index in [9.17, 15) is 9.59 Å². The molecule has 0 aromatic rings. The normalized spacial score (nSPS) is 26.3. The summed E-state index contributed by atoms with van der Waals surface area (Å²) in [5, 5.41) is 9.13. The first-order chi connectivity index (χ1) is 7.84. The van der Waals surface area contributed by atoms with E-state index in [1.807, 2.05) is 20.8 Å². The lowest BCUT2D eigenvalue weighted by Crippen LogP contribution is -2.50. The molecule has 1 saturated heterocycles. The van der Waals surface area contributed by atoms with E-state index in [0.29, 0.717) is 18.9 Å². The largest absolute Gasteiger partial charge is 0.480 e. The molecular formula is C12H22N2O3. The molecule has 3 atom stereocenters. The summed E-state index contributed by atoms with van der Waals surface area (Å²) >= 11 is 0. The minimum absolute atomic E-state index is 0.00250.